The monoisotopic (exact) mass is 473 g/mol. The maximum atomic E-state index is 13.9. The van der Waals surface area contributed by atoms with Gasteiger partial charge in [-0.25, -0.2) is 12.8 Å². The highest BCUT2D eigenvalue weighted by Crippen LogP contribution is 2.23. The number of anilines is 2. The third kappa shape index (κ3) is 4.77. The van der Waals surface area contributed by atoms with Crippen molar-refractivity contribution in [3.8, 4) is 0 Å². The van der Waals surface area contributed by atoms with Crippen LogP contribution in [0.3, 0.4) is 0 Å². The number of hydrogen-bond acceptors (Lipinski definition) is 4. The van der Waals surface area contributed by atoms with Gasteiger partial charge in [-0.1, -0.05) is 35.9 Å². The molecular formula is C23H21ClFN3O3S. The van der Waals surface area contributed by atoms with E-state index in [1.807, 2.05) is 30.3 Å². The zero-order valence-corrected chi connectivity index (χ0v) is 18.6. The highest BCUT2D eigenvalue weighted by molar-refractivity contribution is 7.89. The number of nitrogens with one attached hydrogen (secondary N) is 1. The van der Waals surface area contributed by atoms with Crippen LogP contribution in [0.5, 0.6) is 0 Å². The van der Waals surface area contributed by atoms with E-state index in [4.69, 9.17) is 11.6 Å². The van der Waals surface area contributed by atoms with Crippen molar-refractivity contribution in [1.29, 1.82) is 0 Å². The Morgan fingerprint density at radius 3 is 2.34 bits per heavy atom. The highest BCUT2D eigenvalue weighted by atomic mass is 35.5. The minimum Gasteiger partial charge on any atom is -0.369 e. The fourth-order valence-corrected chi connectivity index (χ4v) is 5.20. The van der Waals surface area contributed by atoms with Gasteiger partial charge in [0.05, 0.1) is 10.6 Å². The molecule has 1 fully saturated rings. The molecule has 3 aromatic carbocycles. The standard InChI is InChI=1S/C23H21ClFN3O3S/c24-18-9-10-21(25)22(16-18)26-23(29)17-5-4-8-20(15-17)32(30,31)28-13-11-27(12-14-28)19-6-2-1-3-7-19/h1-10,15-16H,11-14H2,(H,26,29). The van der Waals surface area contributed by atoms with E-state index >= 15 is 0 Å². The Labute approximate surface area is 191 Å². The van der Waals surface area contributed by atoms with Crippen LogP contribution < -0.4 is 10.2 Å². The van der Waals surface area contributed by atoms with E-state index in [0.717, 1.165) is 11.8 Å². The van der Waals surface area contributed by atoms with Gasteiger partial charge in [0, 0.05) is 42.5 Å². The quantitative estimate of drug-likeness (QED) is 0.601. The Kier molecular flexibility index (Phi) is 6.45. The van der Waals surface area contributed by atoms with Crippen molar-refractivity contribution in [2.45, 2.75) is 4.90 Å². The molecule has 0 radical (unpaired) electrons. The summed E-state index contributed by atoms with van der Waals surface area (Å²) in [5, 5.41) is 2.71. The normalized spacial score (nSPS) is 14.9. The van der Waals surface area contributed by atoms with Gasteiger partial charge in [-0.3, -0.25) is 4.79 Å². The number of carbonyl (C=O) groups excluding carboxylic acids is 1. The number of para-hydroxylation sites is 1. The summed E-state index contributed by atoms with van der Waals surface area (Å²) in [7, 11) is -3.78. The molecule has 0 unspecified atom stereocenters. The van der Waals surface area contributed by atoms with Crippen LogP contribution in [-0.4, -0.2) is 44.8 Å². The lowest BCUT2D eigenvalue weighted by molar-refractivity contribution is 0.102. The molecule has 3 aromatic rings. The lowest BCUT2D eigenvalue weighted by Gasteiger charge is -2.35. The molecule has 0 bridgehead atoms. The molecule has 0 saturated carbocycles. The van der Waals surface area contributed by atoms with Crippen LogP contribution in [0.25, 0.3) is 0 Å². The molecule has 4 rings (SSSR count). The van der Waals surface area contributed by atoms with E-state index in [2.05, 4.69) is 10.2 Å². The Balaban J connectivity index is 1.48. The average Bonchev–Trinajstić information content (AvgIpc) is 2.82. The molecule has 0 aromatic heterocycles. The second-order valence-electron chi connectivity index (χ2n) is 7.33. The number of carbonyl (C=O) groups is 1. The van der Waals surface area contributed by atoms with Crippen molar-refractivity contribution >= 4 is 38.9 Å². The number of hydrogen-bond donors (Lipinski definition) is 1. The molecule has 1 aliphatic heterocycles. The van der Waals surface area contributed by atoms with Gasteiger partial charge in [0.2, 0.25) is 10.0 Å². The van der Waals surface area contributed by atoms with Crippen LogP contribution in [0.2, 0.25) is 5.02 Å². The summed E-state index contributed by atoms with van der Waals surface area (Å²) < 4.78 is 41.7. The van der Waals surface area contributed by atoms with Gasteiger partial charge in [0.25, 0.3) is 5.91 Å². The number of sulfonamides is 1. The average molecular weight is 474 g/mol. The van der Waals surface area contributed by atoms with Crippen LogP contribution >= 0.6 is 11.6 Å². The summed E-state index contributed by atoms with van der Waals surface area (Å²) >= 11 is 5.86. The van der Waals surface area contributed by atoms with Crippen LogP contribution in [0.15, 0.2) is 77.7 Å². The van der Waals surface area contributed by atoms with Gasteiger partial charge in [-0.2, -0.15) is 4.31 Å². The first-order chi connectivity index (χ1) is 15.3. The van der Waals surface area contributed by atoms with E-state index in [1.54, 1.807) is 0 Å². The van der Waals surface area contributed by atoms with Gasteiger partial charge in [-0.05, 0) is 48.5 Å². The summed E-state index contributed by atoms with van der Waals surface area (Å²) in [5.74, 6) is -1.26. The number of nitrogens with zero attached hydrogens (tertiary/aromatic N) is 2. The van der Waals surface area contributed by atoms with Crippen LogP contribution in [0, 0.1) is 5.82 Å². The molecule has 0 spiro atoms. The third-order valence-electron chi connectivity index (χ3n) is 5.27. The Morgan fingerprint density at radius 2 is 1.62 bits per heavy atom. The molecule has 1 saturated heterocycles. The zero-order valence-electron chi connectivity index (χ0n) is 17.0. The molecule has 6 nitrogen and oxygen atoms in total. The van der Waals surface area contributed by atoms with E-state index in [9.17, 15) is 17.6 Å². The summed E-state index contributed by atoms with van der Waals surface area (Å²) in [6.45, 7) is 1.80. The Hall–Kier alpha value is -2.94. The van der Waals surface area contributed by atoms with Gasteiger partial charge >= 0.3 is 0 Å². The summed E-state index contributed by atoms with van der Waals surface area (Å²) in [6.07, 6.45) is 0. The fraction of sp³-hybridized carbons (Fsp3) is 0.174. The molecule has 9 heteroatoms. The van der Waals surface area contributed by atoms with Crippen molar-refractivity contribution in [3.63, 3.8) is 0 Å². The highest BCUT2D eigenvalue weighted by Gasteiger charge is 2.29. The van der Waals surface area contributed by atoms with Gasteiger partial charge in [0.1, 0.15) is 5.82 Å². The van der Waals surface area contributed by atoms with Crippen molar-refractivity contribution in [3.05, 3.63) is 89.2 Å². The van der Waals surface area contributed by atoms with Gasteiger partial charge in [0.15, 0.2) is 0 Å². The summed E-state index contributed by atoms with van der Waals surface area (Å²) in [5.41, 5.74) is 1.08. The maximum absolute atomic E-state index is 13.9. The lowest BCUT2D eigenvalue weighted by Crippen LogP contribution is -2.48. The largest absolute Gasteiger partial charge is 0.369 e. The zero-order chi connectivity index (χ0) is 22.7. The number of halogens is 2. The van der Waals surface area contributed by atoms with Gasteiger partial charge < -0.3 is 10.2 Å². The molecule has 1 N–H and O–H groups in total. The lowest BCUT2D eigenvalue weighted by atomic mass is 10.2. The van der Waals surface area contributed by atoms with Gasteiger partial charge in [-0.15, -0.1) is 0 Å². The molecule has 0 aliphatic carbocycles. The Morgan fingerprint density at radius 1 is 0.906 bits per heavy atom. The van der Waals surface area contributed by atoms with Crippen molar-refractivity contribution in [2.75, 3.05) is 36.4 Å². The SMILES string of the molecule is O=C(Nc1cc(Cl)ccc1F)c1cccc(S(=O)(=O)N2CCN(c3ccccc3)CC2)c1. The summed E-state index contributed by atoms with van der Waals surface area (Å²) in [4.78, 5) is 14.7. The van der Waals surface area contributed by atoms with Crippen LogP contribution in [0.4, 0.5) is 15.8 Å². The number of benzene rings is 3. The third-order valence-corrected chi connectivity index (χ3v) is 7.40. The second-order valence-corrected chi connectivity index (χ2v) is 9.71. The first kappa shape index (κ1) is 22.3. The number of rotatable bonds is 5. The molecule has 1 amide bonds. The molecule has 1 aliphatic rings. The van der Waals surface area contributed by atoms with E-state index in [1.165, 1.54) is 40.7 Å². The molecule has 0 atom stereocenters. The van der Waals surface area contributed by atoms with Crippen LogP contribution in [-0.2, 0) is 10.0 Å². The van der Waals surface area contributed by atoms with Crippen molar-refractivity contribution in [1.82, 2.24) is 4.31 Å². The van der Waals surface area contributed by atoms with E-state index < -0.39 is 21.7 Å². The van der Waals surface area contributed by atoms with Crippen molar-refractivity contribution < 1.29 is 17.6 Å². The Bertz CT molecular complexity index is 1230. The van der Waals surface area contributed by atoms with E-state index in [0.29, 0.717) is 26.2 Å². The topological polar surface area (TPSA) is 69.7 Å². The fourth-order valence-electron chi connectivity index (χ4n) is 3.56. The molecular weight excluding hydrogens is 453 g/mol. The molecule has 32 heavy (non-hydrogen) atoms. The molecule has 166 valence electrons. The minimum atomic E-state index is -3.78. The first-order valence-corrected chi connectivity index (χ1v) is 11.8. The smallest absolute Gasteiger partial charge is 0.255 e. The number of piperazine rings is 1. The maximum Gasteiger partial charge on any atom is 0.255 e. The summed E-state index contributed by atoms with van der Waals surface area (Å²) in [6, 6.07) is 19.4. The van der Waals surface area contributed by atoms with E-state index in [-0.39, 0.29) is 21.2 Å². The number of amides is 1. The minimum absolute atomic E-state index is 0.0184. The van der Waals surface area contributed by atoms with Crippen LogP contribution in [0.1, 0.15) is 10.4 Å². The van der Waals surface area contributed by atoms with Crippen molar-refractivity contribution in [2.24, 2.45) is 0 Å². The predicted molar refractivity (Wildman–Crippen MR) is 123 cm³/mol. The molecule has 1 heterocycles. The second kappa shape index (κ2) is 9.28. The first-order valence-electron chi connectivity index (χ1n) is 10.0. The predicted octanol–water partition coefficient (Wildman–Crippen LogP) is 4.24.